The Balaban J connectivity index is 0.00000225. The van der Waals surface area contributed by atoms with Crippen molar-refractivity contribution in [2.45, 2.75) is 32.1 Å². The predicted molar refractivity (Wildman–Crippen MR) is 103 cm³/mol. The van der Waals surface area contributed by atoms with Gasteiger partial charge in [-0.25, -0.2) is 0 Å². The number of nitrogens with one attached hydrogen (secondary N) is 2. The zero-order valence-electron chi connectivity index (χ0n) is 14.2. The fourth-order valence-electron chi connectivity index (χ4n) is 2.95. The molecule has 1 saturated heterocycles. The van der Waals surface area contributed by atoms with Crippen LogP contribution in [0.2, 0.25) is 5.02 Å². The first kappa shape index (κ1) is 20.0. The van der Waals surface area contributed by atoms with Crippen LogP contribution in [0, 0.1) is 5.92 Å². The number of amides is 2. The van der Waals surface area contributed by atoms with Crippen molar-refractivity contribution in [3.63, 3.8) is 0 Å². The third kappa shape index (κ3) is 5.87. The van der Waals surface area contributed by atoms with Gasteiger partial charge in [-0.1, -0.05) is 11.6 Å². The molecule has 3 rings (SSSR count). The molecule has 0 atom stereocenters. The summed E-state index contributed by atoms with van der Waals surface area (Å²) in [6, 6.07) is 5.09. The number of hydrogen-bond donors (Lipinski definition) is 2. The molecule has 25 heavy (non-hydrogen) atoms. The van der Waals surface area contributed by atoms with Crippen molar-refractivity contribution in [1.29, 1.82) is 0 Å². The number of halogens is 2. The molecule has 0 aromatic heterocycles. The summed E-state index contributed by atoms with van der Waals surface area (Å²) in [5.74, 6) is 0.623. The molecule has 2 amide bonds. The van der Waals surface area contributed by atoms with Crippen LogP contribution in [-0.2, 0) is 4.79 Å². The summed E-state index contributed by atoms with van der Waals surface area (Å²) in [7, 11) is 0. The Morgan fingerprint density at radius 3 is 2.52 bits per heavy atom. The highest BCUT2D eigenvalue weighted by Gasteiger charge is 2.21. The van der Waals surface area contributed by atoms with Crippen molar-refractivity contribution in [2.24, 2.45) is 5.92 Å². The Morgan fingerprint density at radius 2 is 1.88 bits per heavy atom. The molecule has 1 aliphatic heterocycles. The molecule has 0 radical (unpaired) electrons. The lowest BCUT2D eigenvalue weighted by atomic mass is 10.1. The van der Waals surface area contributed by atoms with E-state index in [1.54, 1.807) is 18.2 Å². The first-order valence-corrected chi connectivity index (χ1v) is 9.10. The van der Waals surface area contributed by atoms with E-state index in [2.05, 4.69) is 10.6 Å². The van der Waals surface area contributed by atoms with Crippen LogP contribution in [0.1, 0.15) is 42.5 Å². The molecule has 2 fully saturated rings. The molecule has 1 aromatic carbocycles. The van der Waals surface area contributed by atoms with E-state index in [9.17, 15) is 9.59 Å². The van der Waals surface area contributed by atoms with E-state index in [4.69, 9.17) is 11.6 Å². The summed E-state index contributed by atoms with van der Waals surface area (Å²) in [6.45, 7) is 2.78. The molecule has 1 saturated carbocycles. The number of hydrogen-bond acceptors (Lipinski definition) is 3. The van der Waals surface area contributed by atoms with E-state index >= 15 is 0 Å². The number of likely N-dealkylation sites (tertiary alicyclic amines) is 1. The number of rotatable bonds is 6. The van der Waals surface area contributed by atoms with Crippen LogP contribution in [0.15, 0.2) is 18.2 Å². The van der Waals surface area contributed by atoms with Gasteiger partial charge in [-0.05, 0) is 62.8 Å². The van der Waals surface area contributed by atoms with Gasteiger partial charge in [-0.3, -0.25) is 9.59 Å². The Hall–Kier alpha value is -1.30. The van der Waals surface area contributed by atoms with Crippen LogP contribution in [0.3, 0.4) is 0 Å². The second-order valence-corrected chi connectivity index (χ2v) is 7.08. The molecule has 0 bridgehead atoms. The normalized spacial score (nSPS) is 16.9. The summed E-state index contributed by atoms with van der Waals surface area (Å²) in [5, 5.41) is 6.34. The second kappa shape index (κ2) is 9.41. The monoisotopic (exact) mass is 385 g/mol. The van der Waals surface area contributed by atoms with E-state index in [-0.39, 0.29) is 24.2 Å². The van der Waals surface area contributed by atoms with Crippen LogP contribution in [0.25, 0.3) is 0 Å². The fraction of sp³-hybridized carbons (Fsp3) is 0.556. The highest BCUT2D eigenvalue weighted by molar-refractivity contribution is 6.34. The van der Waals surface area contributed by atoms with Gasteiger partial charge in [0, 0.05) is 18.8 Å². The molecule has 0 spiro atoms. The topological polar surface area (TPSA) is 61.4 Å². The number of carbonyl (C=O) groups is 2. The number of carbonyl (C=O) groups excluding carboxylic acids is 2. The lowest BCUT2D eigenvalue weighted by molar-refractivity contribution is -0.115. The van der Waals surface area contributed by atoms with Crippen molar-refractivity contribution in [3.05, 3.63) is 28.8 Å². The van der Waals surface area contributed by atoms with E-state index in [0.717, 1.165) is 38.4 Å². The SMILES string of the molecule is Cl.O=C(CNCC1CC1)Nc1ccc(C(=O)N2CCCCC2)c(Cl)c1. The standard InChI is InChI=1S/C18H24ClN3O2.ClH/c19-16-10-14(21-17(23)12-20-11-13-4-5-13)6-7-15(16)18(24)22-8-2-1-3-9-22;/h6-7,10,13,20H,1-5,8-9,11-12H2,(H,21,23);1H. The summed E-state index contributed by atoms with van der Waals surface area (Å²) >= 11 is 6.27. The highest BCUT2D eigenvalue weighted by atomic mass is 35.5. The number of anilines is 1. The van der Waals surface area contributed by atoms with Crippen molar-refractivity contribution < 1.29 is 9.59 Å². The third-order valence-electron chi connectivity index (χ3n) is 4.54. The van der Waals surface area contributed by atoms with Crippen molar-refractivity contribution >= 4 is 41.5 Å². The quantitative estimate of drug-likeness (QED) is 0.789. The van der Waals surface area contributed by atoms with Crippen LogP contribution < -0.4 is 10.6 Å². The van der Waals surface area contributed by atoms with Gasteiger partial charge >= 0.3 is 0 Å². The van der Waals surface area contributed by atoms with E-state index in [1.807, 2.05) is 4.90 Å². The molecular weight excluding hydrogens is 361 g/mol. The lowest BCUT2D eigenvalue weighted by Gasteiger charge is -2.27. The Morgan fingerprint density at radius 1 is 1.16 bits per heavy atom. The number of piperidine rings is 1. The first-order valence-electron chi connectivity index (χ1n) is 8.73. The summed E-state index contributed by atoms with van der Waals surface area (Å²) in [6.07, 6.45) is 5.79. The Labute approximate surface area is 159 Å². The van der Waals surface area contributed by atoms with Gasteiger partial charge in [0.05, 0.1) is 17.1 Å². The number of nitrogens with zero attached hydrogens (tertiary/aromatic N) is 1. The van der Waals surface area contributed by atoms with Gasteiger partial charge in [0.2, 0.25) is 5.91 Å². The highest BCUT2D eigenvalue weighted by Crippen LogP contribution is 2.27. The molecular formula is C18H25Cl2N3O2. The zero-order valence-corrected chi connectivity index (χ0v) is 15.8. The minimum Gasteiger partial charge on any atom is -0.339 e. The fourth-order valence-corrected chi connectivity index (χ4v) is 3.21. The average Bonchev–Trinajstić information content (AvgIpc) is 3.39. The summed E-state index contributed by atoms with van der Waals surface area (Å²) in [5.41, 5.74) is 1.12. The lowest BCUT2D eigenvalue weighted by Crippen LogP contribution is -2.35. The van der Waals surface area contributed by atoms with Crippen molar-refractivity contribution in [3.8, 4) is 0 Å². The summed E-state index contributed by atoms with van der Waals surface area (Å²) in [4.78, 5) is 26.3. The third-order valence-corrected chi connectivity index (χ3v) is 4.85. The molecule has 1 heterocycles. The van der Waals surface area contributed by atoms with Crippen LogP contribution in [0.4, 0.5) is 5.69 Å². The smallest absolute Gasteiger partial charge is 0.255 e. The minimum absolute atomic E-state index is 0. The van der Waals surface area contributed by atoms with E-state index in [0.29, 0.717) is 22.8 Å². The largest absolute Gasteiger partial charge is 0.339 e. The molecule has 1 aliphatic carbocycles. The van der Waals surface area contributed by atoms with E-state index in [1.165, 1.54) is 19.3 Å². The number of benzene rings is 1. The van der Waals surface area contributed by atoms with Gasteiger partial charge < -0.3 is 15.5 Å². The maximum Gasteiger partial charge on any atom is 0.255 e. The predicted octanol–water partition coefficient (Wildman–Crippen LogP) is 3.33. The second-order valence-electron chi connectivity index (χ2n) is 6.67. The van der Waals surface area contributed by atoms with Crippen LogP contribution in [0.5, 0.6) is 0 Å². The Kier molecular flexibility index (Phi) is 7.54. The molecule has 2 aliphatic rings. The summed E-state index contributed by atoms with van der Waals surface area (Å²) < 4.78 is 0. The van der Waals surface area contributed by atoms with Gasteiger partial charge in [0.25, 0.3) is 5.91 Å². The molecule has 2 N–H and O–H groups in total. The van der Waals surface area contributed by atoms with Gasteiger partial charge in [0.15, 0.2) is 0 Å². The molecule has 5 nitrogen and oxygen atoms in total. The van der Waals surface area contributed by atoms with E-state index < -0.39 is 0 Å². The van der Waals surface area contributed by atoms with Crippen molar-refractivity contribution in [2.75, 3.05) is 31.5 Å². The van der Waals surface area contributed by atoms with Crippen LogP contribution in [-0.4, -0.2) is 42.9 Å². The molecule has 0 unspecified atom stereocenters. The van der Waals surface area contributed by atoms with Crippen molar-refractivity contribution in [1.82, 2.24) is 10.2 Å². The van der Waals surface area contributed by atoms with Gasteiger partial charge in [-0.15, -0.1) is 12.4 Å². The van der Waals surface area contributed by atoms with Gasteiger partial charge in [-0.2, -0.15) is 0 Å². The molecule has 7 heteroatoms. The maximum absolute atomic E-state index is 12.5. The Bertz CT molecular complexity index is 614. The van der Waals surface area contributed by atoms with Gasteiger partial charge in [0.1, 0.15) is 0 Å². The minimum atomic E-state index is -0.0955. The van der Waals surface area contributed by atoms with Crippen LogP contribution >= 0.6 is 24.0 Å². The first-order chi connectivity index (χ1) is 11.6. The maximum atomic E-state index is 12.5. The molecule has 1 aromatic rings. The zero-order chi connectivity index (χ0) is 16.9. The average molecular weight is 386 g/mol. The molecule has 138 valence electrons.